The molecule has 0 spiro atoms. The minimum atomic E-state index is -3.63. The summed E-state index contributed by atoms with van der Waals surface area (Å²) < 4.78 is 32.3. The van der Waals surface area contributed by atoms with Crippen LogP contribution in [0.5, 0.6) is 5.75 Å². The molecular formula is C13H20ClN3O3S. The topological polar surface area (TPSA) is 70.7 Å². The second-order valence-electron chi connectivity index (χ2n) is 4.78. The van der Waals surface area contributed by atoms with Crippen LogP contribution < -0.4 is 14.8 Å². The SMILES string of the molecule is COc1ccc(Cl)cc1S(=O)(=O)NCCN1CCNCC1. The number of sulfonamides is 1. The summed E-state index contributed by atoms with van der Waals surface area (Å²) in [6, 6.07) is 4.54. The zero-order chi connectivity index (χ0) is 15.3. The lowest BCUT2D eigenvalue weighted by Crippen LogP contribution is -2.46. The average Bonchev–Trinajstić information content (AvgIpc) is 2.48. The van der Waals surface area contributed by atoms with Gasteiger partial charge in [-0.15, -0.1) is 0 Å². The van der Waals surface area contributed by atoms with Crippen molar-refractivity contribution in [1.29, 1.82) is 0 Å². The Hall–Kier alpha value is -0.860. The van der Waals surface area contributed by atoms with Crippen molar-refractivity contribution < 1.29 is 13.2 Å². The van der Waals surface area contributed by atoms with Gasteiger partial charge < -0.3 is 10.1 Å². The summed E-state index contributed by atoms with van der Waals surface area (Å²) in [5.74, 6) is 0.286. The lowest BCUT2D eigenvalue weighted by molar-refractivity contribution is 0.245. The number of methoxy groups -OCH3 is 1. The first-order valence-electron chi connectivity index (χ1n) is 6.79. The maximum absolute atomic E-state index is 12.3. The third kappa shape index (κ3) is 4.55. The molecule has 1 aromatic carbocycles. The second kappa shape index (κ2) is 7.42. The molecule has 6 nitrogen and oxygen atoms in total. The molecule has 0 bridgehead atoms. The summed E-state index contributed by atoms with van der Waals surface area (Å²) in [6.07, 6.45) is 0. The molecule has 1 fully saturated rings. The van der Waals surface area contributed by atoms with E-state index in [1.165, 1.54) is 13.2 Å². The molecule has 1 heterocycles. The molecule has 1 aliphatic rings. The third-order valence-corrected chi connectivity index (χ3v) is 5.06. The van der Waals surface area contributed by atoms with Gasteiger partial charge in [-0.1, -0.05) is 11.6 Å². The molecular weight excluding hydrogens is 314 g/mol. The van der Waals surface area contributed by atoms with E-state index in [1.807, 2.05) is 0 Å². The molecule has 0 unspecified atom stereocenters. The Kier molecular flexibility index (Phi) is 5.83. The normalized spacial score (nSPS) is 16.9. The Morgan fingerprint density at radius 3 is 2.76 bits per heavy atom. The lowest BCUT2D eigenvalue weighted by Gasteiger charge is -2.27. The minimum Gasteiger partial charge on any atom is -0.495 e. The highest BCUT2D eigenvalue weighted by molar-refractivity contribution is 7.89. The van der Waals surface area contributed by atoms with Crippen LogP contribution in [0.3, 0.4) is 0 Å². The van der Waals surface area contributed by atoms with Crippen LogP contribution in [0.15, 0.2) is 23.1 Å². The second-order valence-corrected chi connectivity index (χ2v) is 6.96. The summed E-state index contributed by atoms with van der Waals surface area (Å²) in [5.41, 5.74) is 0. The maximum Gasteiger partial charge on any atom is 0.244 e. The van der Waals surface area contributed by atoms with Crippen LogP contribution in [0, 0.1) is 0 Å². The zero-order valence-electron chi connectivity index (χ0n) is 11.9. The number of benzene rings is 1. The highest BCUT2D eigenvalue weighted by Crippen LogP contribution is 2.26. The van der Waals surface area contributed by atoms with E-state index >= 15 is 0 Å². The van der Waals surface area contributed by atoms with E-state index in [-0.39, 0.29) is 10.6 Å². The first-order chi connectivity index (χ1) is 10.0. The molecule has 0 aliphatic carbocycles. The van der Waals surface area contributed by atoms with Crippen molar-refractivity contribution in [2.45, 2.75) is 4.90 Å². The Morgan fingerprint density at radius 1 is 1.38 bits per heavy atom. The Balaban J connectivity index is 1.99. The smallest absolute Gasteiger partial charge is 0.244 e. The number of nitrogens with one attached hydrogen (secondary N) is 2. The van der Waals surface area contributed by atoms with Gasteiger partial charge in [0.2, 0.25) is 10.0 Å². The number of nitrogens with zero attached hydrogens (tertiary/aromatic N) is 1. The molecule has 0 atom stereocenters. The number of rotatable bonds is 6. The van der Waals surface area contributed by atoms with E-state index < -0.39 is 10.0 Å². The molecule has 21 heavy (non-hydrogen) atoms. The molecule has 1 saturated heterocycles. The van der Waals surface area contributed by atoms with Gasteiger partial charge in [0, 0.05) is 44.3 Å². The third-order valence-electron chi connectivity index (χ3n) is 3.34. The van der Waals surface area contributed by atoms with Crippen LogP contribution in [0.2, 0.25) is 5.02 Å². The molecule has 0 radical (unpaired) electrons. The van der Waals surface area contributed by atoms with Crippen LogP contribution in [0.4, 0.5) is 0 Å². The molecule has 1 aromatic rings. The van der Waals surface area contributed by atoms with Crippen molar-refractivity contribution in [3.8, 4) is 5.75 Å². The van der Waals surface area contributed by atoms with Crippen molar-refractivity contribution >= 4 is 21.6 Å². The van der Waals surface area contributed by atoms with Crippen molar-refractivity contribution in [1.82, 2.24) is 14.9 Å². The van der Waals surface area contributed by atoms with Gasteiger partial charge in [-0.25, -0.2) is 13.1 Å². The van der Waals surface area contributed by atoms with Gasteiger partial charge in [0.05, 0.1) is 7.11 Å². The number of hydrogen-bond acceptors (Lipinski definition) is 5. The molecule has 2 N–H and O–H groups in total. The fourth-order valence-electron chi connectivity index (χ4n) is 2.21. The van der Waals surface area contributed by atoms with Crippen molar-refractivity contribution in [2.75, 3.05) is 46.4 Å². The molecule has 2 rings (SSSR count). The lowest BCUT2D eigenvalue weighted by atomic mass is 10.3. The first-order valence-corrected chi connectivity index (χ1v) is 8.65. The number of halogens is 1. The van der Waals surface area contributed by atoms with E-state index in [0.717, 1.165) is 26.2 Å². The van der Waals surface area contributed by atoms with Gasteiger partial charge >= 0.3 is 0 Å². The van der Waals surface area contributed by atoms with Crippen LogP contribution in [-0.2, 0) is 10.0 Å². The summed E-state index contributed by atoms with van der Waals surface area (Å²) >= 11 is 5.87. The van der Waals surface area contributed by atoms with Crippen LogP contribution in [-0.4, -0.2) is 59.7 Å². The molecule has 0 amide bonds. The number of ether oxygens (including phenoxy) is 1. The Morgan fingerprint density at radius 2 is 2.10 bits per heavy atom. The van der Waals surface area contributed by atoms with E-state index in [0.29, 0.717) is 18.1 Å². The Labute approximate surface area is 130 Å². The number of piperazine rings is 1. The predicted octanol–water partition coefficient (Wildman–Crippen LogP) is 0.532. The number of hydrogen-bond donors (Lipinski definition) is 2. The molecule has 0 saturated carbocycles. The largest absolute Gasteiger partial charge is 0.495 e. The Bertz CT molecular complexity index is 574. The van der Waals surface area contributed by atoms with E-state index in [9.17, 15) is 8.42 Å². The maximum atomic E-state index is 12.3. The average molecular weight is 334 g/mol. The summed E-state index contributed by atoms with van der Waals surface area (Å²) in [7, 11) is -2.19. The van der Waals surface area contributed by atoms with Gasteiger partial charge in [0.15, 0.2) is 0 Å². The van der Waals surface area contributed by atoms with Crippen LogP contribution in [0.25, 0.3) is 0 Å². The highest BCUT2D eigenvalue weighted by Gasteiger charge is 2.20. The van der Waals surface area contributed by atoms with Crippen molar-refractivity contribution in [3.63, 3.8) is 0 Å². The first kappa shape index (κ1) is 16.5. The molecule has 8 heteroatoms. The molecule has 0 aromatic heterocycles. The van der Waals surface area contributed by atoms with E-state index in [2.05, 4.69) is 14.9 Å². The van der Waals surface area contributed by atoms with Gasteiger partial charge in [-0.3, -0.25) is 4.90 Å². The van der Waals surface area contributed by atoms with Crippen molar-refractivity contribution in [2.24, 2.45) is 0 Å². The summed E-state index contributed by atoms with van der Waals surface area (Å²) in [5, 5.41) is 3.62. The summed E-state index contributed by atoms with van der Waals surface area (Å²) in [6.45, 7) is 4.79. The molecule has 1 aliphatic heterocycles. The zero-order valence-corrected chi connectivity index (χ0v) is 13.5. The van der Waals surface area contributed by atoms with Crippen LogP contribution in [0.1, 0.15) is 0 Å². The highest BCUT2D eigenvalue weighted by atomic mass is 35.5. The van der Waals surface area contributed by atoms with Crippen molar-refractivity contribution in [3.05, 3.63) is 23.2 Å². The van der Waals surface area contributed by atoms with Gasteiger partial charge in [-0.05, 0) is 18.2 Å². The molecule has 118 valence electrons. The van der Waals surface area contributed by atoms with E-state index in [4.69, 9.17) is 16.3 Å². The van der Waals surface area contributed by atoms with Gasteiger partial charge in [0.25, 0.3) is 0 Å². The van der Waals surface area contributed by atoms with Gasteiger partial charge in [0.1, 0.15) is 10.6 Å². The minimum absolute atomic E-state index is 0.0674. The quantitative estimate of drug-likeness (QED) is 0.795. The fraction of sp³-hybridized carbons (Fsp3) is 0.538. The fourth-order valence-corrected chi connectivity index (χ4v) is 3.66. The van der Waals surface area contributed by atoms with E-state index in [1.54, 1.807) is 12.1 Å². The predicted molar refractivity (Wildman–Crippen MR) is 82.5 cm³/mol. The van der Waals surface area contributed by atoms with Gasteiger partial charge in [-0.2, -0.15) is 0 Å². The standard InChI is InChI=1S/C13H20ClN3O3S/c1-20-12-3-2-11(14)10-13(12)21(18,19)16-6-9-17-7-4-15-5-8-17/h2-3,10,15-16H,4-9H2,1H3. The monoisotopic (exact) mass is 333 g/mol. The van der Waals surface area contributed by atoms with Crippen LogP contribution >= 0.6 is 11.6 Å². The summed E-state index contributed by atoms with van der Waals surface area (Å²) in [4.78, 5) is 2.28.